The molecular weight excluding hydrogens is 248 g/mol. The number of hydrogen-bond acceptors (Lipinski definition) is 2. The monoisotopic (exact) mass is 258 g/mol. The molecule has 0 aliphatic rings. The number of rotatable bonds is 3. The number of carbonyl (C=O) groups excluding carboxylic acids is 1. The molecule has 1 aromatic carbocycles. The summed E-state index contributed by atoms with van der Waals surface area (Å²) in [5.74, 6) is 0.181. The molecule has 0 aromatic heterocycles. The van der Waals surface area contributed by atoms with E-state index in [1.165, 1.54) is 0 Å². The van der Waals surface area contributed by atoms with E-state index < -0.39 is 0 Å². The van der Waals surface area contributed by atoms with Crippen molar-refractivity contribution in [3.63, 3.8) is 0 Å². The van der Waals surface area contributed by atoms with Crippen molar-refractivity contribution in [2.75, 3.05) is 5.33 Å². The molecule has 0 unspecified atom stereocenters. The fraction of sp³-hybridized carbons (Fsp3) is 0.300. The minimum Gasteiger partial charge on any atom is -0.298 e. The van der Waals surface area contributed by atoms with Crippen LogP contribution in [0.4, 0.5) is 0 Å². The summed E-state index contributed by atoms with van der Waals surface area (Å²) < 4.78 is 0. The third-order valence-electron chi connectivity index (χ3n) is 1.77. The molecule has 0 aliphatic heterocycles. The van der Waals surface area contributed by atoms with E-state index in [0.717, 1.165) is 16.0 Å². The number of benzene rings is 1. The number of Topliss-reactive ketones (excluding diaryl/α,β-unsaturated/α-hetero) is 1. The average molecular weight is 259 g/mol. The minimum absolute atomic E-state index is 0.181. The van der Waals surface area contributed by atoms with Gasteiger partial charge in [-0.25, -0.2) is 0 Å². The van der Waals surface area contributed by atoms with Gasteiger partial charge in [0, 0.05) is 11.3 Å². The van der Waals surface area contributed by atoms with Gasteiger partial charge in [-0.05, 0) is 18.6 Å². The number of hydrogen-bond donors (Lipinski definition) is 1. The van der Waals surface area contributed by atoms with Gasteiger partial charge in [-0.15, -0.1) is 12.6 Å². The summed E-state index contributed by atoms with van der Waals surface area (Å²) in [6.07, 6.45) is 0.464. The van der Waals surface area contributed by atoms with Crippen LogP contribution in [0, 0.1) is 6.92 Å². The van der Waals surface area contributed by atoms with E-state index in [0.29, 0.717) is 11.8 Å². The lowest BCUT2D eigenvalue weighted by Crippen LogP contribution is -2.04. The topological polar surface area (TPSA) is 17.1 Å². The van der Waals surface area contributed by atoms with Gasteiger partial charge in [0.1, 0.15) is 5.78 Å². The van der Waals surface area contributed by atoms with Crippen LogP contribution in [0.2, 0.25) is 0 Å². The Bertz CT molecular complexity index is 323. The fourth-order valence-electron chi connectivity index (χ4n) is 1.12. The third-order valence-corrected chi connectivity index (χ3v) is 2.83. The van der Waals surface area contributed by atoms with Gasteiger partial charge in [-0.2, -0.15) is 0 Å². The van der Waals surface area contributed by atoms with E-state index in [9.17, 15) is 4.79 Å². The van der Waals surface area contributed by atoms with E-state index in [-0.39, 0.29) is 5.78 Å². The smallest absolute Gasteiger partial charge is 0.147 e. The van der Waals surface area contributed by atoms with Crippen molar-refractivity contribution in [3.05, 3.63) is 29.3 Å². The lowest BCUT2D eigenvalue weighted by molar-refractivity contribution is -0.115. The van der Waals surface area contributed by atoms with Gasteiger partial charge in [0.2, 0.25) is 0 Å². The first kappa shape index (κ1) is 10.8. The quantitative estimate of drug-likeness (QED) is 0.652. The zero-order chi connectivity index (χ0) is 9.84. The lowest BCUT2D eigenvalue weighted by Gasteiger charge is -2.04. The Hall–Kier alpha value is -0.280. The Morgan fingerprint density at radius 3 is 2.85 bits per heavy atom. The Kier molecular flexibility index (Phi) is 4.00. The molecule has 0 atom stereocenters. The highest BCUT2D eigenvalue weighted by molar-refractivity contribution is 9.09. The maximum atomic E-state index is 11.2. The van der Waals surface area contributed by atoms with Crippen LogP contribution in [-0.4, -0.2) is 11.1 Å². The van der Waals surface area contributed by atoms with Gasteiger partial charge < -0.3 is 0 Å². The zero-order valence-electron chi connectivity index (χ0n) is 7.38. The zero-order valence-corrected chi connectivity index (χ0v) is 9.86. The molecule has 0 radical (unpaired) electrons. The summed E-state index contributed by atoms with van der Waals surface area (Å²) >= 11 is 7.43. The number of thiol groups is 1. The highest BCUT2D eigenvalue weighted by Crippen LogP contribution is 2.16. The molecule has 13 heavy (non-hydrogen) atoms. The molecule has 1 rings (SSSR count). The summed E-state index contributed by atoms with van der Waals surface area (Å²) in [4.78, 5) is 12.1. The maximum Gasteiger partial charge on any atom is 0.147 e. The van der Waals surface area contributed by atoms with Gasteiger partial charge in [0.15, 0.2) is 0 Å². The normalized spacial score (nSPS) is 10.1. The van der Waals surface area contributed by atoms with Crippen molar-refractivity contribution in [3.8, 4) is 0 Å². The first-order valence-electron chi connectivity index (χ1n) is 3.99. The second-order valence-corrected chi connectivity index (χ2v) is 4.02. The van der Waals surface area contributed by atoms with Crippen LogP contribution in [-0.2, 0) is 11.2 Å². The average Bonchev–Trinajstić information content (AvgIpc) is 2.11. The van der Waals surface area contributed by atoms with Crippen LogP contribution in [0.5, 0.6) is 0 Å². The van der Waals surface area contributed by atoms with Crippen LogP contribution < -0.4 is 0 Å². The molecule has 0 spiro atoms. The lowest BCUT2D eigenvalue weighted by atomic mass is 10.1. The fourth-order valence-corrected chi connectivity index (χ4v) is 1.53. The van der Waals surface area contributed by atoms with Crippen LogP contribution in [0.1, 0.15) is 11.1 Å². The number of halogens is 1. The SMILES string of the molecule is Cc1ccc(S)c(CC(=O)CBr)c1. The van der Waals surface area contributed by atoms with Gasteiger partial charge in [0.05, 0.1) is 5.33 Å². The molecule has 0 aliphatic carbocycles. The Morgan fingerprint density at radius 2 is 2.23 bits per heavy atom. The van der Waals surface area contributed by atoms with Gasteiger partial charge in [0.25, 0.3) is 0 Å². The highest BCUT2D eigenvalue weighted by atomic mass is 79.9. The molecular formula is C10H11BrOS. The van der Waals surface area contributed by atoms with E-state index in [1.807, 2.05) is 25.1 Å². The maximum absolute atomic E-state index is 11.2. The van der Waals surface area contributed by atoms with E-state index in [4.69, 9.17) is 0 Å². The van der Waals surface area contributed by atoms with Crippen molar-refractivity contribution in [2.24, 2.45) is 0 Å². The Labute approximate surface area is 92.1 Å². The third kappa shape index (κ3) is 3.16. The summed E-state index contributed by atoms with van der Waals surface area (Å²) in [5, 5.41) is 0.411. The standard InChI is InChI=1S/C10H11BrOS/c1-7-2-3-10(13)8(4-7)5-9(12)6-11/h2-4,13H,5-6H2,1H3. The molecule has 1 aromatic rings. The van der Waals surface area contributed by atoms with E-state index >= 15 is 0 Å². The number of alkyl halides is 1. The number of ketones is 1. The Morgan fingerprint density at radius 1 is 1.54 bits per heavy atom. The summed E-state index contributed by atoms with van der Waals surface area (Å²) in [6, 6.07) is 5.92. The van der Waals surface area contributed by atoms with E-state index in [2.05, 4.69) is 28.6 Å². The van der Waals surface area contributed by atoms with Gasteiger partial charge in [-0.3, -0.25) is 4.79 Å². The summed E-state index contributed by atoms with van der Waals surface area (Å²) in [5.41, 5.74) is 2.17. The number of carbonyl (C=O) groups is 1. The van der Waals surface area contributed by atoms with Gasteiger partial charge >= 0.3 is 0 Å². The van der Waals surface area contributed by atoms with Crippen LogP contribution in [0.15, 0.2) is 23.1 Å². The molecule has 0 heterocycles. The molecule has 70 valence electrons. The minimum atomic E-state index is 0.181. The highest BCUT2D eigenvalue weighted by Gasteiger charge is 2.04. The molecule has 0 fully saturated rings. The van der Waals surface area contributed by atoms with Crippen LogP contribution in [0.25, 0.3) is 0 Å². The van der Waals surface area contributed by atoms with Crippen LogP contribution >= 0.6 is 28.6 Å². The largest absolute Gasteiger partial charge is 0.298 e. The Balaban J connectivity index is 2.87. The second kappa shape index (κ2) is 4.82. The summed E-state index contributed by atoms with van der Waals surface area (Å²) in [7, 11) is 0. The molecule has 3 heteroatoms. The summed E-state index contributed by atoms with van der Waals surface area (Å²) in [6.45, 7) is 2.01. The van der Waals surface area contributed by atoms with Crippen molar-refractivity contribution in [2.45, 2.75) is 18.2 Å². The van der Waals surface area contributed by atoms with Crippen molar-refractivity contribution < 1.29 is 4.79 Å². The molecule has 1 nitrogen and oxygen atoms in total. The second-order valence-electron chi connectivity index (χ2n) is 2.98. The molecule has 0 bridgehead atoms. The van der Waals surface area contributed by atoms with Gasteiger partial charge in [-0.1, -0.05) is 33.6 Å². The molecule has 0 amide bonds. The van der Waals surface area contributed by atoms with Crippen LogP contribution in [0.3, 0.4) is 0 Å². The molecule has 0 N–H and O–H groups in total. The van der Waals surface area contributed by atoms with Crippen molar-refractivity contribution >= 4 is 34.3 Å². The molecule has 0 saturated carbocycles. The van der Waals surface area contributed by atoms with Crippen molar-refractivity contribution in [1.29, 1.82) is 0 Å². The molecule has 0 saturated heterocycles. The van der Waals surface area contributed by atoms with E-state index in [1.54, 1.807) is 0 Å². The van der Waals surface area contributed by atoms with Crippen molar-refractivity contribution in [1.82, 2.24) is 0 Å². The number of aryl methyl sites for hydroxylation is 1. The predicted molar refractivity (Wildman–Crippen MR) is 60.9 cm³/mol. The first-order chi connectivity index (χ1) is 6.13. The first-order valence-corrected chi connectivity index (χ1v) is 5.56. The predicted octanol–water partition coefficient (Wildman–Crippen LogP) is 2.79.